The minimum Gasteiger partial charge on any atom is -0.463 e. The van der Waals surface area contributed by atoms with E-state index in [0.717, 1.165) is 11.1 Å². The van der Waals surface area contributed by atoms with Crippen LogP contribution in [0.25, 0.3) is 0 Å². The van der Waals surface area contributed by atoms with Crippen molar-refractivity contribution in [3.05, 3.63) is 79.4 Å². The van der Waals surface area contributed by atoms with Crippen LogP contribution >= 0.6 is 11.3 Å². The second-order valence-corrected chi connectivity index (χ2v) is 12.3. The number of carbonyl (C=O) groups excluding carboxylic acids is 2. The van der Waals surface area contributed by atoms with Crippen molar-refractivity contribution in [1.29, 1.82) is 0 Å². The molecule has 42 heavy (non-hydrogen) atoms. The maximum absolute atomic E-state index is 13.6. The van der Waals surface area contributed by atoms with Crippen LogP contribution in [0.1, 0.15) is 62.7 Å². The molecular weight excluding hydrogens is 553 g/mol. The number of rotatable bonds is 10. The number of thiazole rings is 1. The Morgan fingerprint density at radius 1 is 1.36 bits per heavy atom. The Balaban J connectivity index is 1.83. The Morgan fingerprint density at radius 2 is 2.10 bits per heavy atom. The van der Waals surface area contributed by atoms with Gasteiger partial charge in [0.05, 0.1) is 18.6 Å². The number of nitro groups is 1. The lowest BCUT2D eigenvalue weighted by Crippen LogP contribution is -2.44. The summed E-state index contributed by atoms with van der Waals surface area (Å²) in [5.41, 5.74) is 3.73. The first-order chi connectivity index (χ1) is 19.8. The van der Waals surface area contributed by atoms with Gasteiger partial charge in [0, 0.05) is 36.4 Å². The molecule has 2 aromatic rings. The summed E-state index contributed by atoms with van der Waals surface area (Å²) in [5, 5.41) is 17.0. The quantitative estimate of drug-likeness (QED) is 0.146. The summed E-state index contributed by atoms with van der Waals surface area (Å²) >= 11 is 1.42. The number of amides is 1. The number of likely N-dealkylation sites (tertiary alicyclic amines) is 1. The highest BCUT2D eigenvalue weighted by Gasteiger charge is 2.49. The monoisotopic (exact) mass is 589 g/mol. The highest BCUT2D eigenvalue weighted by atomic mass is 32.1. The summed E-state index contributed by atoms with van der Waals surface area (Å²) in [4.78, 5) is 47.4. The molecule has 3 atom stereocenters. The summed E-state index contributed by atoms with van der Waals surface area (Å²) in [7, 11) is 6.48. The lowest BCUT2D eigenvalue weighted by atomic mass is 9.72. The number of nitrogens with zero attached hydrogens (tertiary/aromatic N) is 4. The van der Waals surface area contributed by atoms with Crippen molar-refractivity contribution in [3.63, 3.8) is 0 Å². The molecule has 12 heteroatoms. The number of aliphatic imine (C=N–C) groups is 1. The van der Waals surface area contributed by atoms with Gasteiger partial charge in [-0.15, -0.1) is 11.3 Å². The van der Waals surface area contributed by atoms with Gasteiger partial charge in [0.1, 0.15) is 18.8 Å². The van der Waals surface area contributed by atoms with Crippen LogP contribution in [0, 0.1) is 28.4 Å². The molecule has 2 unspecified atom stereocenters. The first-order valence-corrected chi connectivity index (χ1v) is 14.8. The number of esters is 1. The Kier molecular flexibility index (Phi) is 9.47. The number of nitrogens with one attached hydrogen (secondary N) is 1. The fourth-order valence-electron chi connectivity index (χ4n) is 6.16. The lowest BCUT2D eigenvalue weighted by Gasteiger charge is -2.36. The number of amidine groups is 1. The molecule has 2 radical (unpaired) electrons. The first-order valence-electron chi connectivity index (χ1n) is 13.9. The number of aryl methyl sites for hydroxylation is 1. The molecule has 1 fully saturated rings. The van der Waals surface area contributed by atoms with Gasteiger partial charge in [-0.25, -0.2) is 14.6 Å². The summed E-state index contributed by atoms with van der Waals surface area (Å²) in [5.74, 6) is -0.950. The van der Waals surface area contributed by atoms with Crippen molar-refractivity contribution in [2.75, 3.05) is 19.7 Å². The zero-order chi connectivity index (χ0) is 30.8. The first kappa shape index (κ1) is 31.3. The Hall–Kier alpha value is -3.64. The number of aromatic nitrogens is 1. The number of ether oxygens (including phenoxy) is 1. The van der Waals surface area contributed by atoms with Gasteiger partial charge >= 0.3 is 11.9 Å². The number of hydrogen-bond donors (Lipinski definition) is 1. The maximum Gasteiger partial charge on any atom is 0.444 e. The lowest BCUT2D eigenvalue weighted by molar-refractivity contribution is -0.402. The second kappa shape index (κ2) is 12.7. The van der Waals surface area contributed by atoms with Crippen molar-refractivity contribution in [2.45, 2.75) is 59.5 Å². The van der Waals surface area contributed by atoms with Crippen LogP contribution in [0.15, 0.2) is 58.2 Å². The molecule has 220 valence electrons. The van der Waals surface area contributed by atoms with Crippen LogP contribution in [-0.2, 0) is 14.3 Å². The van der Waals surface area contributed by atoms with Crippen LogP contribution in [0.2, 0.25) is 0 Å². The van der Waals surface area contributed by atoms with Crippen LogP contribution in [0.4, 0.5) is 0 Å². The van der Waals surface area contributed by atoms with Gasteiger partial charge in [0.2, 0.25) is 0 Å². The number of hydrogen-bond acceptors (Lipinski definition) is 10. The molecule has 0 spiro atoms. The molecule has 1 saturated heterocycles. The number of carbonyl (C=O) groups is 2. The van der Waals surface area contributed by atoms with Crippen molar-refractivity contribution in [2.24, 2.45) is 16.3 Å². The van der Waals surface area contributed by atoms with Crippen LogP contribution < -0.4 is 10.8 Å². The number of benzene rings is 1. The van der Waals surface area contributed by atoms with Gasteiger partial charge < -0.3 is 10.1 Å². The van der Waals surface area contributed by atoms with E-state index in [1.54, 1.807) is 13.1 Å². The van der Waals surface area contributed by atoms with E-state index in [9.17, 15) is 19.7 Å². The van der Waals surface area contributed by atoms with Gasteiger partial charge in [0.25, 0.3) is 0 Å². The van der Waals surface area contributed by atoms with E-state index in [1.165, 1.54) is 11.3 Å². The predicted octanol–water partition coefficient (Wildman–Crippen LogP) is 3.64. The average molecular weight is 590 g/mol. The molecule has 2 aliphatic rings. The maximum atomic E-state index is 13.6. The normalized spacial score (nSPS) is 21.9. The summed E-state index contributed by atoms with van der Waals surface area (Å²) in [6, 6.07) is 4.70. The van der Waals surface area contributed by atoms with Gasteiger partial charge in [-0.2, -0.15) is 0 Å². The van der Waals surface area contributed by atoms with Crippen molar-refractivity contribution < 1.29 is 19.2 Å². The van der Waals surface area contributed by atoms with E-state index >= 15 is 0 Å². The zero-order valence-corrected chi connectivity index (χ0v) is 25.5. The Labute approximate surface area is 251 Å². The largest absolute Gasteiger partial charge is 0.463 e. The third-order valence-electron chi connectivity index (χ3n) is 8.20. The van der Waals surface area contributed by atoms with Gasteiger partial charge in [-0.3, -0.25) is 20.0 Å². The summed E-state index contributed by atoms with van der Waals surface area (Å²) in [6.07, 6.45) is 1.79. The average Bonchev–Trinajstić information content (AvgIpc) is 3.53. The predicted molar refractivity (Wildman–Crippen MR) is 163 cm³/mol. The molecule has 0 saturated carbocycles. The minimum atomic E-state index is -1.01. The van der Waals surface area contributed by atoms with Gasteiger partial charge in [-0.1, -0.05) is 55.2 Å². The van der Waals surface area contributed by atoms with Crippen molar-refractivity contribution in [1.82, 2.24) is 15.2 Å². The van der Waals surface area contributed by atoms with E-state index in [0.29, 0.717) is 46.1 Å². The standard InChI is InChI=1S/C30H36BN5O5S/c1-7-41-29(38)25-22(16-35-15-20(17(2)3)30(5,6)23(35)10-11-24(37)36(39)40)33-27(28-32-12-13-42-28)34-26(25)19-9-8-18(4)14-21(19)31/h8-9,12-14,20,23,26H,2,7,10-11,15-16H2,1,3-6H3,(H,33,34)/t20?,23?,26-/m0/s1. The van der Waals surface area contributed by atoms with E-state index in [1.807, 2.05) is 37.4 Å². The fraction of sp³-hybridized carbons (Fsp3) is 0.467. The minimum absolute atomic E-state index is 0.0686. The molecule has 10 nitrogen and oxygen atoms in total. The molecule has 1 amide bonds. The molecule has 0 bridgehead atoms. The van der Waals surface area contributed by atoms with Gasteiger partial charge in [0.15, 0.2) is 10.8 Å². The molecule has 4 rings (SSSR count). The van der Waals surface area contributed by atoms with E-state index in [4.69, 9.17) is 17.6 Å². The highest BCUT2D eigenvalue weighted by molar-refractivity contribution is 7.11. The van der Waals surface area contributed by atoms with E-state index in [2.05, 4.69) is 35.6 Å². The molecule has 1 N–H and O–H groups in total. The highest BCUT2D eigenvalue weighted by Crippen LogP contribution is 2.46. The van der Waals surface area contributed by atoms with Gasteiger partial charge in [-0.05, 0) is 44.1 Å². The van der Waals surface area contributed by atoms with Crippen LogP contribution in [0.5, 0.6) is 0 Å². The van der Waals surface area contributed by atoms with Crippen LogP contribution in [-0.4, -0.2) is 66.1 Å². The molecular formula is C30H36BN5O5S. The summed E-state index contributed by atoms with van der Waals surface area (Å²) < 4.78 is 5.54. The van der Waals surface area contributed by atoms with Crippen LogP contribution in [0.3, 0.4) is 0 Å². The molecule has 3 heterocycles. The second-order valence-electron chi connectivity index (χ2n) is 11.4. The zero-order valence-electron chi connectivity index (χ0n) is 24.7. The SMILES string of the molecule is [B]c1cc(C)ccc1[C@@H]1N=C(c2nccs2)NC(CN2CC(C(=C)C)C(C)(C)C2CCC(=O)[N+](=O)[O-])=C1C(=O)OCC. The van der Waals surface area contributed by atoms with Crippen molar-refractivity contribution in [3.8, 4) is 0 Å². The molecule has 0 aliphatic carbocycles. The van der Waals surface area contributed by atoms with E-state index in [-0.39, 0.29) is 36.9 Å². The van der Waals surface area contributed by atoms with E-state index < -0.39 is 22.8 Å². The third kappa shape index (κ3) is 6.39. The molecule has 2 aliphatic heterocycles. The summed E-state index contributed by atoms with van der Waals surface area (Å²) in [6.45, 7) is 15.1. The molecule has 1 aromatic heterocycles. The third-order valence-corrected chi connectivity index (χ3v) is 8.98. The Morgan fingerprint density at radius 3 is 2.69 bits per heavy atom. The smallest absolute Gasteiger partial charge is 0.444 e. The molecule has 1 aromatic carbocycles. The van der Waals surface area contributed by atoms with Crippen molar-refractivity contribution >= 4 is 42.4 Å². The fourth-order valence-corrected chi connectivity index (χ4v) is 6.75. The topological polar surface area (TPSA) is 127 Å². The Bertz CT molecular complexity index is 1450.